The van der Waals surface area contributed by atoms with Crippen molar-refractivity contribution in [2.75, 3.05) is 5.32 Å². The summed E-state index contributed by atoms with van der Waals surface area (Å²) in [7, 11) is 0. The second kappa shape index (κ2) is 5.48. The molecule has 0 bridgehead atoms. The zero-order chi connectivity index (χ0) is 13.8. The van der Waals surface area contributed by atoms with E-state index in [1.54, 1.807) is 6.20 Å². The Morgan fingerprint density at radius 3 is 2.79 bits per heavy atom. The van der Waals surface area contributed by atoms with Crippen molar-refractivity contribution >= 4 is 5.82 Å². The average molecular weight is 257 g/mol. The van der Waals surface area contributed by atoms with Crippen molar-refractivity contribution in [3.8, 4) is 6.07 Å². The molecule has 2 heterocycles. The van der Waals surface area contributed by atoms with E-state index in [9.17, 15) is 0 Å². The Labute approximate surface area is 111 Å². The number of hydrogen-bond acceptors (Lipinski definition) is 6. The predicted molar refractivity (Wildman–Crippen MR) is 69.4 cm³/mol. The lowest BCUT2D eigenvalue weighted by Crippen LogP contribution is -2.07. The molecule has 0 saturated heterocycles. The van der Waals surface area contributed by atoms with Crippen LogP contribution in [0.2, 0.25) is 0 Å². The minimum atomic E-state index is 0.381. The number of anilines is 1. The summed E-state index contributed by atoms with van der Waals surface area (Å²) in [6, 6.07) is 2.14. The first-order valence-electron chi connectivity index (χ1n) is 6.07. The summed E-state index contributed by atoms with van der Waals surface area (Å²) in [4.78, 5) is 4.14. The lowest BCUT2D eigenvalue weighted by atomic mass is 10.1. The van der Waals surface area contributed by atoms with Gasteiger partial charge in [0, 0.05) is 6.42 Å². The van der Waals surface area contributed by atoms with E-state index in [0.29, 0.717) is 23.8 Å². The second-order valence-corrected chi connectivity index (χ2v) is 4.17. The van der Waals surface area contributed by atoms with Crippen molar-refractivity contribution in [1.82, 2.24) is 15.2 Å². The molecule has 98 valence electrons. The van der Waals surface area contributed by atoms with Gasteiger partial charge < -0.3 is 9.73 Å². The van der Waals surface area contributed by atoms with E-state index in [2.05, 4.69) is 26.6 Å². The maximum atomic E-state index is 9.17. The first-order valence-corrected chi connectivity index (χ1v) is 6.07. The van der Waals surface area contributed by atoms with Crippen LogP contribution in [0, 0.1) is 25.2 Å². The van der Waals surface area contributed by atoms with Crippen LogP contribution in [-0.4, -0.2) is 15.2 Å². The van der Waals surface area contributed by atoms with Crippen LogP contribution in [0.3, 0.4) is 0 Å². The van der Waals surface area contributed by atoms with Gasteiger partial charge in [-0.25, -0.2) is 4.98 Å². The Hall–Kier alpha value is -2.42. The van der Waals surface area contributed by atoms with E-state index in [1.165, 1.54) is 0 Å². The Morgan fingerprint density at radius 1 is 1.37 bits per heavy atom. The van der Waals surface area contributed by atoms with Crippen molar-refractivity contribution in [2.45, 2.75) is 33.7 Å². The highest BCUT2D eigenvalue weighted by atomic mass is 16.4. The summed E-state index contributed by atoms with van der Waals surface area (Å²) in [6.07, 6.45) is 2.51. The molecule has 0 radical (unpaired) electrons. The third kappa shape index (κ3) is 2.71. The van der Waals surface area contributed by atoms with Crippen molar-refractivity contribution in [3.05, 3.63) is 34.7 Å². The molecule has 0 saturated carbocycles. The van der Waals surface area contributed by atoms with Crippen LogP contribution in [0.15, 0.2) is 10.6 Å². The highest BCUT2D eigenvalue weighted by Crippen LogP contribution is 2.17. The van der Waals surface area contributed by atoms with Crippen LogP contribution in [0.4, 0.5) is 5.82 Å². The molecule has 0 unspecified atom stereocenters. The predicted octanol–water partition coefficient (Wildman–Crippen LogP) is 2.13. The van der Waals surface area contributed by atoms with Crippen molar-refractivity contribution < 1.29 is 4.42 Å². The zero-order valence-electron chi connectivity index (χ0n) is 11.2. The molecule has 0 fully saturated rings. The molecular weight excluding hydrogens is 242 g/mol. The molecular formula is C13H15N5O. The highest BCUT2D eigenvalue weighted by Gasteiger charge is 2.11. The molecule has 0 amide bonds. The summed E-state index contributed by atoms with van der Waals surface area (Å²) in [5.74, 6) is 1.87. The number of rotatable bonds is 4. The topological polar surface area (TPSA) is 87.6 Å². The van der Waals surface area contributed by atoms with Crippen molar-refractivity contribution in [1.29, 1.82) is 5.26 Å². The van der Waals surface area contributed by atoms with Crippen LogP contribution in [0.25, 0.3) is 0 Å². The van der Waals surface area contributed by atoms with Crippen LogP contribution in [-0.2, 0) is 13.0 Å². The molecule has 2 rings (SSSR count). The van der Waals surface area contributed by atoms with Gasteiger partial charge in [-0.2, -0.15) is 10.4 Å². The van der Waals surface area contributed by atoms with Gasteiger partial charge in [-0.1, -0.05) is 6.92 Å². The fourth-order valence-electron chi connectivity index (χ4n) is 1.62. The summed E-state index contributed by atoms with van der Waals surface area (Å²) in [5, 5.41) is 20.2. The number of oxazole rings is 1. The Morgan fingerprint density at radius 2 is 2.16 bits per heavy atom. The number of aromatic nitrogens is 3. The zero-order valence-corrected chi connectivity index (χ0v) is 11.2. The number of nitrogens with zero attached hydrogens (tertiary/aromatic N) is 4. The number of nitriles is 1. The third-order valence-electron chi connectivity index (χ3n) is 2.92. The normalized spacial score (nSPS) is 10.2. The fraction of sp³-hybridized carbons (Fsp3) is 0.385. The Bertz CT molecular complexity index is 626. The number of hydrogen-bond donors (Lipinski definition) is 1. The Kier molecular flexibility index (Phi) is 3.76. The summed E-state index contributed by atoms with van der Waals surface area (Å²) in [6.45, 7) is 6.06. The lowest BCUT2D eigenvalue weighted by Gasteiger charge is -2.07. The minimum Gasteiger partial charge on any atom is -0.444 e. The first kappa shape index (κ1) is 13.0. The molecule has 6 heteroatoms. The summed E-state index contributed by atoms with van der Waals surface area (Å²) < 4.78 is 5.48. The van der Waals surface area contributed by atoms with Gasteiger partial charge in [0.05, 0.1) is 18.4 Å². The largest absolute Gasteiger partial charge is 0.444 e. The van der Waals surface area contributed by atoms with Gasteiger partial charge in [-0.15, -0.1) is 5.10 Å². The van der Waals surface area contributed by atoms with E-state index in [0.717, 1.165) is 23.4 Å². The van der Waals surface area contributed by atoms with Gasteiger partial charge >= 0.3 is 0 Å². The van der Waals surface area contributed by atoms with Gasteiger partial charge in [0.2, 0.25) is 5.89 Å². The molecule has 2 aromatic heterocycles. The molecule has 0 aliphatic carbocycles. The van der Waals surface area contributed by atoms with Crippen LogP contribution >= 0.6 is 0 Å². The monoisotopic (exact) mass is 257 g/mol. The number of aryl methyl sites for hydroxylation is 2. The summed E-state index contributed by atoms with van der Waals surface area (Å²) in [5.41, 5.74) is 2.10. The number of nitrogens with one attached hydrogen (secondary N) is 1. The van der Waals surface area contributed by atoms with Crippen molar-refractivity contribution in [2.24, 2.45) is 0 Å². The quantitative estimate of drug-likeness (QED) is 0.902. The molecule has 2 aromatic rings. The van der Waals surface area contributed by atoms with E-state index in [-0.39, 0.29) is 0 Å². The van der Waals surface area contributed by atoms with Gasteiger partial charge in [-0.05, 0) is 19.4 Å². The fourth-order valence-corrected chi connectivity index (χ4v) is 1.62. The van der Waals surface area contributed by atoms with Gasteiger partial charge in [0.1, 0.15) is 17.4 Å². The maximum Gasteiger partial charge on any atom is 0.213 e. The molecule has 19 heavy (non-hydrogen) atoms. The molecule has 0 aliphatic rings. The molecule has 0 aliphatic heterocycles. The van der Waals surface area contributed by atoms with Gasteiger partial charge in [0.15, 0.2) is 5.82 Å². The molecule has 0 spiro atoms. The van der Waals surface area contributed by atoms with Crippen molar-refractivity contribution in [3.63, 3.8) is 0 Å². The SMILES string of the molecule is CCc1cnc(CNc2nnc(C)c(C)c2C#N)o1. The lowest BCUT2D eigenvalue weighted by molar-refractivity contribution is 0.465. The minimum absolute atomic E-state index is 0.381. The average Bonchev–Trinajstić information content (AvgIpc) is 2.88. The molecule has 0 aromatic carbocycles. The standard InChI is InChI=1S/C13H15N5O/c1-4-10-6-15-12(19-10)7-16-13-11(5-14)8(2)9(3)17-18-13/h6H,4,7H2,1-3H3,(H,16,18). The molecule has 0 atom stereocenters. The van der Waals surface area contributed by atoms with Crippen LogP contribution in [0.5, 0.6) is 0 Å². The van der Waals surface area contributed by atoms with E-state index >= 15 is 0 Å². The third-order valence-corrected chi connectivity index (χ3v) is 2.92. The second-order valence-electron chi connectivity index (χ2n) is 4.17. The van der Waals surface area contributed by atoms with Gasteiger partial charge in [-0.3, -0.25) is 0 Å². The molecule has 6 nitrogen and oxygen atoms in total. The van der Waals surface area contributed by atoms with Crippen LogP contribution < -0.4 is 5.32 Å². The summed E-state index contributed by atoms with van der Waals surface area (Å²) >= 11 is 0. The van der Waals surface area contributed by atoms with Gasteiger partial charge in [0.25, 0.3) is 0 Å². The maximum absolute atomic E-state index is 9.17. The van der Waals surface area contributed by atoms with E-state index < -0.39 is 0 Å². The van der Waals surface area contributed by atoms with E-state index in [4.69, 9.17) is 9.68 Å². The van der Waals surface area contributed by atoms with E-state index in [1.807, 2.05) is 20.8 Å². The smallest absolute Gasteiger partial charge is 0.213 e. The van der Waals surface area contributed by atoms with Crippen LogP contribution in [0.1, 0.15) is 35.4 Å². The Balaban J connectivity index is 2.16. The first-order chi connectivity index (χ1) is 9.15. The molecule has 1 N–H and O–H groups in total. The highest BCUT2D eigenvalue weighted by molar-refractivity contribution is 5.55.